The van der Waals surface area contributed by atoms with Gasteiger partial charge in [0.25, 0.3) is 5.91 Å². The molecule has 104 valence electrons. The van der Waals surface area contributed by atoms with Crippen molar-refractivity contribution in [3.8, 4) is 0 Å². The second-order valence-corrected chi connectivity index (χ2v) is 4.40. The number of aromatic nitrogens is 2. The van der Waals surface area contributed by atoms with Crippen LogP contribution in [0.25, 0.3) is 0 Å². The Bertz CT molecular complexity index is 629. The molecule has 1 unspecified atom stereocenters. The molecule has 1 amide bonds. The number of carbonyl (C=O) groups excluding carboxylic acids is 1. The summed E-state index contributed by atoms with van der Waals surface area (Å²) in [6.45, 7) is 3.32. The first-order chi connectivity index (χ1) is 9.47. The van der Waals surface area contributed by atoms with E-state index in [-0.39, 0.29) is 11.3 Å². The molecule has 1 heterocycles. The van der Waals surface area contributed by atoms with Crippen LogP contribution in [-0.4, -0.2) is 15.9 Å². The van der Waals surface area contributed by atoms with Gasteiger partial charge in [-0.2, -0.15) is 0 Å². The highest BCUT2D eigenvalue weighted by atomic mass is 19.1. The van der Waals surface area contributed by atoms with E-state index in [1.54, 1.807) is 13.8 Å². The molecule has 1 atom stereocenters. The normalized spacial score (nSPS) is 12.0. The largest absolute Gasteiger partial charge is 0.344 e. The van der Waals surface area contributed by atoms with Crippen LogP contribution in [0.1, 0.15) is 34.7 Å². The van der Waals surface area contributed by atoms with E-state index < -0.39 is 23.6 Å². The van der Waals surface area contributed by atoms with Crippen LogP contribution in [-0.2, 0) is 0 Å². The smallest absolute Gasteiger partial charge is 0.271 e. The third-order valence-corrected chi connectivity index (χ3v) is 2.79. The van der Waals surface area contributed by atoms with E-state index in [2.05, 4.69) is 15.3 Å². The maximum atomic E-state index is 13.6. The van der Waals surface area contributed by atoms with Crippen molar-refractivity contribution in [2.45, 2.75) is 19.9 Å². The Labute approximate surface area is 114 Å². The molecule has 1 aromatic heterocycles. The predicted molar refractivity (Wildman–Crippen MR) is 69.0 cm³/mol. The van der Waals surface area contributed by atoms with E-state index in [4.69, 9.17) is 0 Å². The zero-order valence-electron chi connectivity index (χ0n) is 11.0. The molecule has 0 spiro atoms. The van der Waals surface area contributed by atoms with E-state index in [0.29, 0.717) is 5.69 Å². The summed E-state index contributed by atoms with van der Waals surface area (Å²) in [7, 11) is 0. The van der Waals surface area contributed by atoms with Crippen LogP contribution >= 0.6 is 0 Å². The van der Waals surface area contributed by atoms with Crippen LogP contribution < -0.4 is 5.32 Å². The van der Waals surface area contributed by atoms with Gasteiger partial charge in [-0.3, -0.25) is 9.78 Å². The second-order valence-electron chi connectivity index (χ2n) is 4.40. The molecule has 0 aliphatic carbocycles. The minimum atomic E-state index is -0.679. The van der Waals surface area contributed by atoms with E-state index in [1.807, 2.05) is 0 Å². The number of hydrogen-bond acceptors (Lipinski definition) is 3. The van der Waals surface area contributed by atoms with Crippen LogP contribution in [0.3, 0.4) is 0 Å². The van der Waals surface area contributed by atoms with E-state index in [1.165, 1.54) is 12.4 Å². The zero-order valence-corrected chi connectivity index (χ0v) is 11.0. The van der Waals surface area contributed by atoms with Gasteiger partial charge in [-0.1, -0.05) is 0 Å². The Balaban J connectivity index is 2.15. The topological polar surface area (TPSA) is 54.9 Å². The SMILES string of the molecule is Cc1cnc(C(=O)NC(C)c2cc(F)ccc2F)cn1. The van der Waals surface area contributed by atoms with Crippen LogP contribution in [0.5, 0.6) is 0 Å². The zero-order chi connectivity index (χ0) is 14.7. The second kappa shape index (κ2) is 5.73. The van der Waals surface area contributed by atoms with Crippen molar-refractivity contribution in [3.63, 3.8) is 0 Å². The minimum Gasteiger partial charge on any atom is -0.344 e. The quantitative estimate of drug-likeness (QED) is 0.938. The maximum Gasteiger partial charge on any atom is 0.271 e. The fourth-order valence-electron chi connectivity index (χ4n) is 1.70. The molecule has 0 bridgehead atoms. The third-order valence-electron chi connectivity index (χ3n) is 2.79. The van der Waals surface area contributed by atoms with Crippen molar-refractivity contribution >= 4 is 5.91 Å². The maximum absolute atomic E-state index is 13.6. The summed E-state index contributed by atoms with van der Waals surface area (Å²) in [5.74, 6) is -1.62. The summed E-state index contributed by atoms with van der Waals surface area (Å²) in [5.41, 5.74) is 0.892. The average Bonchev–Trinajstić information content (AvgIpc) is 2.42. The summed E-state index contributed by atoms with van der Waals surface area (Å²) in [6.07, 6.45) is 2.79. The van der Waals surface area contributed by atoms with Gasteiger partial charge in [0, 0.05) is 11.8 Å². The molecule has 0 aliphatic rings. The number of halogens is 2. The highest BCUT2D eigenvalue weighted by molar-refractivity contribution is 5.92. The summed E-state index contributed by atoms with van der Waals surface area (Å²) >= 11 is 0. The minimum absolute atomic E-state index is 0.0819. The Morgan fingerprint density at radius 1 is 1.25 bits per heavy atom. The van der Waals surface area contributed by atoms with Gasteiger partial charge in [0.15, 0.2) is 0 Å². The van der Waals surface area contributed by atoms with Crippen molar-refractivity contribution in [2.75, 3.05) is 0 Å². The molecular weight excluding hydrogens is 264 g/mol. The van der Waals surface area contributed by atoms with Crippen molar-refractivity contribution in [3.05, 3.63) is 59.2 Å². The van der Waals surface area contributed by atoms with Gasteiger partial charge in [-0.15, -0.1) is 0 Å². The van der Waals surface area contributed by atoms with Crippen molar-refractivity contribution in [1.29, 1.82) is 0 Å². The van der Waals surface area contributed by atoms with Gasteiger partial charge in [0.1, 0.15) is 17.3 Å². The number of rotatable bonds is 3. The Kier molecular flexibility index (Phi) is 4.02. The standard InChI is InChI=1S/C14H13F2N3O/c1-8-6-18-13(7-17-8)14(20)19-9(2)11-5-10(15)3-4-12(11)16/h3-7,9H,1-2H3,(H,19,20). The number of nitrogens with zero attached hydrogens (tertiary/aromatic N) is 2. The number of carbonyl (C=O) groups is 1. The molecule has 6 heteroatoms. The lowest BCUT2D eigenvalue weighted by atomic mass is 10.1. The fraction of sp³-hybridized carbons (Fsp3) is 0.214. The molecule has 0 radical (unpaired) electrons. The lowest BCUT2D eigenvalue weighted by Gasteiger charge is -2.14. The summed E-state index contributed by atoms with van der Waals surface area (Å²) in [4.78, 5) is 19.8. The Morgan fingerprint density at radius 3 is 2.65 bits per heavy atom. The lowest BCUT2D eigenvalue weighted by Crippen LogP contribution is -2.28. The summed E-state index contributed by atoms with van der Waals surface area (Å²) in [5, 5.41) is 2.55. The molecule has 0 aliphatic heterocycles. The van der Waals surface area contributed by atoms with Crippen LogP contribution in [0, 0.1) is 18.6 Å². The average molecular weight is 277 g/mol. The molecule has 1 aromatic carbocycles. The number of aryl methyl sites for hydroxylation is 1. The van der Waals surface area contributed by atoms with Crippen LogP contribution in [0.4, 0.5) is 8.78 Å². The van der Waals surface area contributed by atoms with Gasteiger partial charge < -0.3 is 5.32 Å². The van der Waals surface area contributed by atoms with Crippen molar-refractivity contribution < 1.29 is 13.6 Å². The summed E-state index contributed by atoms with van der Waals surface area (Å²) in [6, 6.07) is 2.43. The first-order valence-electron chi connectivity index (χ1n) is 6.02. The van der Waals surface area contributed by atoms with Gasteiger partial charge >= 0.3 is 0 Å². The lowest BCUT2D eigenvalue weighted by molar-refractivity contribution is 0.0934. The first-order valence-corrected chi connectivity index (χ1v) is 6.02. The molecule has 20 heavy (non-hydrogen) atoms. The molecule has 2 aromatic rings. The van der Waals surface area contributed by atoms with Crippen molar-refractivity contribution in [1.82, 2.24) is 15.3 Å². The van der Waals surface area contributed by atoms with Gasteiger partial charge in [-0.05, 0) is 32.0 Å². The number of benzene rings is 1. The monoisotopic (exact) mass is 277 g/mol. The molecule has 0 saturated heterocycles. The van der Waals surface area contributed by atoms with Crippen LogP contribution in [0.15, 0.2) is 30.6 Å². The Morgan fingerprint density at radius 2 is 2.00 bits per heavy atom. The molecule has 4 nitrogen and oxygen atoms in total. The highest BCUT2D eigenvalue weighted by Crippen LogP contribution is 2.18. The van der Waals surface area contributed by atoms with Crippen molar-refractivity contribution in [2.24, 2.45) is 0 Å². The van der Waals surface area contributed by atoms with E-state index >= 15 is 0 Å². The number of nitrogens with one attached hydrogen (secondary N) is 1. The van der Waals surface area contributed by atoms with Gasteiger partial charge in [0.05, 0.1) is 17.9 Å². The van der Waals surface area contributed by atoms with Gasteiger partial charge in [0.2, 0.25) is 0 Å². The number of amides is 1. The van der Waals surface area contributed by atoms with Crippen LogP contribution in [0.2, 0.25) is 0 Å². The summed E-state index contributed by atoms with van der Waals surface area (Å²) < 4.78 is 26.7. The van der Waals surface area contributed by atoms with E-state index in [0.717, 1.165) is 18.2 Å². The molecular formula is C14H13F2N3O. The molecule has 0 fully saturated rings. The van der Waals surface area contributed by atoms with Gasteiger partial charge in [-0.25, -0.2) is 13.8 Å². The highest BCUT2D eigenvalue weighted by Gasteiger charge is 2.16. The third kappa shape index (κ3) is 3.14. The fourth-order valence-corrected chi connectivity index (χ4v) is 1.70. The first kappa shape index (κ1) is 14.0. The molecule has 2 rings (SSSR count). The Hall–Kier alpha value is -2.37. The number of hydrogen-bond donors (Lipinski definition) is 1. The van der Waals surface area contributed by atoms with E-state index in [9.17, 15) is 13.6 Å². The molecule has 1 N–H and O–H groups in total. The predicted octanol–water partition coefficient (Wildman–Crippen LogP) is 2.55. The molecule has 0 saturated carbocycles.